The van der Waals surface area contributed by atoms with Crippen molar-refractivity contribution in [3.05, 3.63) is 39.9 Å². The predicted octanol–water partition coefficient (Wildman–Crippen LogP) is 5.95. The van der Waals surface area contributed by atoms with Crippen LogP contribution in [0.5, 0.6) is 5.75 Å². The SMILES string of the molecule is Cc1cnc(NC(=O)CC[C@@H]2C(C=O)C(=O)[C@@]3(C)CCC4c5cc(C(C)(C)C)c(O)cc5CCC4C23)s1. The molecule has 0 radical (unpaired) electrons. The van der Waals surface area contributed by atoms with Crippen LogP contribution in [0.4, 0.5) is 5.13 Å². The summed E-state index contributed by atoms with van der Waals surface area (Å²) in [5.41, 5.74) is 2.77. The van der Waals surface area contributed by atoms with Crippen LogP contribution >= 0.6 is 11.3 Å². The van der Waals surface area contributed by atoms with Gasteiger partial charge in [-0.05, 0) is 90.9 Å². The highest BCUT2D eigenvalue weighted by atomic mass is 32.1. The first kappa shape index (κ1) is 26.1. The van der Waals surface area contributed by atoms with Crippen molar-refractivity contribution in [3.63, 3.8) is 0 Å². The number of benzene rings is 1. The van der Waals surface area contributed by atoms with Crippen LogP contribution in [0.25, 0.3) is 0 Å². The zero-order chi connectivity index (χ0) is 26.7. The van der Waals surface area contributed by atoms with Crippen molar-refractivity contribution in [2.45, 2.75) is 84.5 Å². The fourth-order valence-electron chi connectivity index (χ4n) is 7.75. The van der Waals surface area contributed by atoms with E-state index in [1.165, 1.54) is 22.5 Å². The standard InChI is InChI=1S/C30H38N2O4S/c1-16-14-31-28(37-16)32-25(35)9-8-20-22(15-33)27(36)30(5)11-10-18-19(26(20)30)7-6-17-12-24(34)23(13-21(17)18)29(2,3)4/h12-15,18-20,22,26,34H,6-11H2,1-5H3,(H,31,32,35)/t18?,19?,20-,22?,26?,30+/m1/s1. The minimum Gasteiger partial charge on any atom is -0.508 e. The first-order valence-corrected chi connectivity index (χ1v) is 14.3. The van der Waals surface area contributed by atoms with Crippen molar-refractivity contribution in [3.8, 4) is 5.75 Å². The Morgan fingerprint density at radius 2 is 2.05 bits per heavy atom. The number of carbonyl (C=O) groups is 3. The van der Waals surface area contributed by atoms with Gasteiger partial charge in [0.05, 0.1) is 5.92 Å². The Morgan fingerprint density at radius 3 is 2.70 bits per heavy atom. The highest BCUT2D eigenvalue weighted by Crippen LogP contribution is 2.63. The number of aromatic hydroxyl groups is 1. The van der Waals surface area contributed by atoms with Crippen LogP contribution in [0, 0.1) is 36.0 Å². The first-order valence-electron chi connectivity index (χ1n) is 13.5. The molecule has 0 spiro atoms. The quantitative estimate of drug-likeness (QED) is 0.374. The van der Waals surface area contributed by atoms with Crippen molar-refractivity contribution in [2.24, 2.45) is 29.1 Å². The van der Waals surface area contributed by atoms with Gasteiger partial charge in [-0.1, -0.05) is 33.8 Å². The molecule has 2 saturated carbocycles. The highest BCUT2D eigenvalue weighted by molar-refractivity contribution is 7.15. The number of ketones is 1. The number of hydrogen-bond acceptors (Lipinski definition) is 6. The van der Waals surface area contributed by atoms with Crippen molar-refractivity contribution < 1.29 is 19.5 Å². The summed E-state index contributed by atoms with van der Waals surface area (Å²) >= 11 is 1.44. The molecule has 1 heterocycles. The lowest BCUT2D eigenvalue weighted by atomic mass is 9.53. The minimum atomic E-state index is -0.644. The third kappa shape index (κ3) is 4.43. The number of phenolic OH excluding ortho intramolecular Hbond substituents is 1. The maximum absolute atomic E-state index is 13.6. The number of hydrogen-bond donors (Lipinski definition) is 2. The molecule has 2 fully saturated rings. The average molecular weight is 523 g/mol. The summed E-state index contributed by atoms with van der Waals surface area (Å²) in [6, 6.07) is 4.16. The van der Waals surface area contributed by atoms with E-state index in [-0.39, 0.29) is 41.3 Å². The summed E-state index contributed by atoms with van der Waals surface area (Å²) in [4.78, 5) is 43.9. The van der Waals surface area contributed by atoms with Crippen molar-refractivity contribution in [1.29, 1.82) is 0 Å². The van der Waals surface area contributed by atoms with Gasteiger partial charge >= 0.3 is 0 Å². The molecule has 4 unspecified atom stereocenters. The maximum atomic E-state index is 13.6. The number of phenols is 1. The van der Waals surface area contributed by atoms with Crippen LogP contribution in [0.1, 0.15) is 87.3 Å². The van der Waals surface area contributed by atoms with Crippen molar-refractivity contribution in [2.75, 3.05) is 5.32 Å². The number of carbonyl (C=O) groups excluding carboxylic acids is 3. The second-order valence-corrected chi connectivity index (χ2v) is 13.9. The maximum Gasteiger partial charge on any atom is 0.226 e. The number of fused-ring (bicyclic) bond motifs is 5. The van der Waals surface area contributed by atoms with Gasteiger partial charge in [0, 0.05) is 22.9 Å². The number of anilines is 1. The molecule has 1 amide bonds. The summed E-state index contributed by atoms with van der Waals surface area (Å²) in [6.07, 6.45) is 6.83. The Kier molecular flexibility index (Phi) is 6.58. The molecule has 3 aliphatic carbocycles. The molecule has 6 nitrogen and oxygen atoms in total. The van der Waals surface area contributed by atoms with E-state index in [4.69, 9.17) is 0 Å². The molecule has 1 aromatic carbocycles. The largest absolute Gasteiger partial charge is 0.508 e. The molecule has 1 aromatic heterocycles. The van der Waals surface area contributed by atoms with Gasteiger partial charge in [0.1, 0.15) is 17.8 Å². The normalized spacial score (nSPS) is 30.8. The van der Waals surface area contributed by atoms with Gasteiger partial charge in [0.15, 0.2) is 5.13 Å². The lowest BCUT2D eigenvalue weighted by Crippen LogP contribution is -2.44. The van der Waals surface area contributed by atoms with E-state index in [0.717, 1.165) is 42.4 Å². The van der Waals surface area contributed by atoms with Crippen LogP contribution in [-0.4, -0.2) is 28.1 Å². The molecule has 0 saturated heterocycles. The van der Waals surface area contributed by atoms with Gasteiger partial charge in [-0.3, -0.25) is 9.59 Å². The van der Waals surface area contributed by atoms with Crippen LogP contribution in [0.3, 0.4) is 0 Å². The monoisotopic (exact) mass is 522 g/mol. The van der Waals surface area contributed by atoms with Gasteiger partial charge in [-0.15, -0.1) is 11.3 Å². The van der Waals surface area contributed by atoms with E-state index in [0.29, 0.717) is 23.2 Å². The van der Waals surface area contributed by atoms with Crippen LogP contribution in [-0.2, 0) is 26.2 Å². The number of aldehydes is 1. The molecule has 0 bridgehead atoms. The number of rotatable bonds is 5. The van der Waals surface area contributed by atoms with Crippen molar-refractivity contribution >= 4 is 34.4 Å². The van der Waals surface area contributed by atoms with Crippen LogP contribution in [0.15, 0.2) is 18.3 Å². The fraction of sp³-hybridized carbons (Fsp3) is 0.600. The number of aryl methyl sites for hydroxylation is 2. The molecule has 6 atom stereocenters. The molecule has 3 aliphatic rings. The van der Waals surface area contributed by atoms with Gasteiger partial charge < -0.3 is 15.2 Å². The van der Waals surface area contributed by atoms with Crippen LogP contribution < -0.4 is 5.32 Å². The molecule has 198 valence electrons. The predicted molar refractivity (Wildman–Crippen MR) is 145 cm³/mol. The third-order valence-corrected chi connectivity index (χ3v) is 10.2. The molecule has 2 aromatic rings. The van der Waals surface area contributed by atoms with E-state index in [1.807, 2.05) is 13.0 Å². The molecule has 2 N–H and O–H groups in total. The molecular weight excluding hydrogens is 484 g/mol. The molecule has 7 heteroatoms. The van der Waals surface area contributed by atoms with Gasteiger partial charge in [-0.25, -0.2) is 4.98 Å². The minimum absolute atomic E-state index is 0.0683. The Hall–Kier alpha value is -2.54. The summed E-state index contributed by atoms with van der Waals surface area (Å²) in [6.45, 7) is 10.4. The summed E-state index contributed by atoms with van der Waals surface area (Å²) in [7, 11) is 0. The number of nitrogens with one attached hydrogen (secondary N) is 1. The van der Waals surface area contributed by atoms with E-state index in [9.17, 15) is 19.5 Å². The molecular formula is C30H38N2O4S. The fourth-order valence-corrected chi connectivity index (χ4v) is 8.43. The second kappa shape index (κ2) is 9.33. The number of amides is 1. The zero-order valence-corrected chi connectivity index (χ0v) is 23.3. The topological polar surface area (TPSA) is 96.4 Å². The zero-order valence-electron chi connectivity index (χ0n) is 22.5. The van der Waals surface area contributed by atoms with E-state index in [2.05, 4.69) is 44.1 Å². The average Bonchev–Trinajstić information content (AvgIpc) is 3.33. The van der Waals surface area contributed by atoms with E-state index in [1.54, 1.807) is 6.20 Å². The smallest absolute Gasteiger partial charge is 0.226 e. The first-order chi connectivity index (χ1) is 17.4. The van der Waals surface area contributed by atoms with Crippen molar-refractivity contribution in [1.82, 2.24) is 4.98 Å². The van der Waals surface area contributed by atoms with E-state index >= 15 is 0 Å². The van der Waals surface area contributed by atoms with Gasteiger partial charge in [0.2, 0.25) is 5.91 Å². The van der Waals surface area contributed by atoms with E-state index < -0.39 is 11.3 Å². The molecule has 0 aliphatic heterocycles. The Bertz CT molecular complexity index is 1240. The lowest BCUT2D eigenvalue weighted by molar-refractivity contribution is -0.133. The Labute approximate surface area is 223 Å². The number of nitrogens with zero attached hydrogens (tertiary/aromatic N) is 1. The number of Topliss-reactive ketones (excluding diaryl/α,β-unsaturated/α-hetero) is 1. The lowest BCUT2D eigenvalue weighted by Gasteiger charge is -2.50. The Morgan fingerprint density at radius 1 is 1.30 bits per heavy atom. The molecule has 5 rings (SSSR count). The van der Waals surface area contributed by atoms with Gasteiger partial charge in [-0.2, -0.15) is 0 Å². The van der Waals surface area contributed by atoms with Crippen LogP contribution in [0.2, 0.25) is 0 Å². The number of aromatic nitrogens is 1. The summed E-state index contributed by atoms with van der Waals surface area (Å²) in [5.74, 6) is 0.196. The van der Waals surface area contributed by atoms with Gasteiger partial charge in [0.25, 0.3) is 0 Å². The Balaban J connectivity index is 1.44. The second-order valence-electron chi connectivity index (χ2n) is 12.7. The highest BCUT2D eigenvalue weighted by Gasteiger charge is 2.62. The third-order valence-electron chi connectivity index (χ3n) is 9.41. The summed E-state index contributed by atoms with van der Waals surface area (Å²) < 4.78 is 0. The summed E-state index contributed by atoms with van der Waals surface area (Å²) in [5, 5.41) is 14.2. The molecule has 37 heavy (non-hydrogen) atoms. The number of thiazole rings is 1.